The van der Waals surface area contributed by atoms with Crippen molar-refractivity contribution in [2.24, 2.45) is 5.92 Å². The number of hydrogen-bond donors (Lipinski definition) is 0. The second-order valence-corrected chi connectivity index (χ2v) is 6.60. The lowest BCUT2D eigenvalue weighted by Gasteiger charge is -2.32. The molecule has 1 atom stereocenters. The monoisotopic (exact) mass is 272 g/mol. The van der Waals surface area contributed by atoms with Gasteiger partial charge in [0.1, 0.15) is 0 Å². The minimum Gasteiger partial charge on any atom is -0.0654 e. The van der Waals surface area contributed by atoms with Crippen LogP contribution >= 0.6 is 0 Å². The molecule has 1 aliphatic rings. The van der Waals surface area contributed by atoms with Gasteiger partial charge in [-0.3, -0.25) is 0 Å². The molecule has 0 aromatic heterocycles. The quantitative estimate of drug-likeness (QED) is 0.532. The lowest BCUT2D eigenvalue weighted by molar-refractivity contribution is 0.292. The summed E-state index contributed by atoms with van der Waals surface area (Å²) in [6.45, 7) is 4.65. The van der Waals surface area contributed by atoms with E-state index in [9.17, 15) is 0 Å². The summed E-state index contributed by atoms with van der Waals surface area (Å²) < 4.78 is 0. The highest BCUT2D eigenvalue weighted by molar-refractivity contribution is 5.31. The van der Waals surface area contributed by atoms with Crippen LogP contribution in [-0.2, 0) is 6.42 Å². The minimum absolute atomic E-state index is 0.827. The summed E-state index contributed by atoms with van der Waals surface area (Å²) in [5, 5.41) is 0. The summed E-state index contributed by atoms with van der Waals surface area (Å²) in [5.41, 5.74) is 3.33. The highest BCUT2D eigenvalue weighted by atomic mass is 14.3. The molecule has 1 aliphatic carbocycles. The van der Waals surface area contributed by atoms with Crippen LogP contribution in [-0.4, -0.2) is 0 Å². The molecular weight excluding hydrogens is 240 g/mol. The zero-order valence-corrected chi connectivity index (χ0v) is 13.5. The van der Waals surface area contributed by atoms with Crippen LogP contribution in [0.15, 0.2) is 24.3 Å². The highest BCUT2D eigenvalue weighted by Crippen LogP contribution is 2.40. The van der Waals surface area contributed by atoms with Crippen LogP contribution in [0.1, 0.15) is 88.7 Å². The maximum absolute atomic E-state index is 2.43. The van der Waals surface area contributed by atoms with Gasteiger partial charge in [-0.2, -0.15) is 0 Å². The molecule has 2 rings (SSSR count). The smallest absolute Gasteiger partial charge is 0.0131 e. The standard InChI is InChI=1S/C20H32/c1-3-5-12-17-15-9-10-16-20(17)19(11-4-2)18-13-7-6-8-14-18/h9-10,15-16,18-19H,3-8,11-14H2,1-2H3. The maximum atomic E-state index is 2.43. The first-order valence-electron chi connectivity index (χ1n) is 8.94. The minimum atomic E-state index is 0.827. The van der Waals surface area contributed by atoms with Gasteiger partial charge in [-0.15, -0.1) is 0 Å². The van der Waals surface area contributed by atoms with Crippen molar-refractivity contribution in [3.05, 3.63) is 35.4 Å². The number of aryl methyl sites for hydroxylation is 1. The van der Waals surface area contributed by atoms with E-state index in [1.54, 1.807) is 11.1 Å². The van der Waals surface area contributed by atoms with Crippen LogP contribution in [0.25, 0.3) is 0 Å². The average Bonchev–Trinajstić information content (AvgIpc) is 2.52. The van der Waals surface area contributed by atoms with Crippen LogP contribution in [0.4, 0.5) is 0 Å². The Hall–Kier alpha value is -0.780. The van der Waals surface area contributed by atoms with Gasteiger partial charge in [-0.25, -0.2) is 0 Å². The normalized spacial score (nSPS) is 18.1. The zero-order chi connectivity index (χ0) is 14.2. The molecule has 0 radical (unpaired) electrons. The van der Waals surface area contributed by atoms with Gasteiger partial charge < -0.3 is 0 Å². The molecule has 0 bridgehead atoms. The Morgan fingerprint density at radius 1 is 1.00 bits per heavy atom. The van der Waals surface area contributed by atoms with E-state index in [1.165, 1.54) is 64.2 Å². The van der Waals surface area contributed by atoms with Gasteiger partial charge in [0.05, 0.1) is 0 Å². The summed E-state index contributed by atoms with van der Waals surface area (Å²) in [6, 6.07) is 9.31. The summed E-state index contributed by atoms with van der Waals surface area (Å²) >= 11 is 0. The predicted molar refractivity (Wildman–Crippen MR) is 89.3 cm³/mol. The first-order chi connectivity index (χ1) is 9.86. The molecular formula is C20H32. The SMILES string of the molecule is CCCCc1ccccc1C(CCC)C1CCCCC1. The van der Waals surface area contributed by atoms with Crippen molar-refractivity contribution in [2.75, 3.05) is 0 Å². The van der Waals surface area contributed by atoms with Crippen LogP contribution < -0.4 is 0 Å². The van der Waals surface area contributed by atoms with E-state index in [-0.39, 0.29) is 0 Å². The molecule has 20 heavy (non-hydrogen) atoms. The fourth-order valence-electron chi connectivity index (χ4n) is 3.98. The number of rotatable bonds is 7. The summed E-state index contributed by atoms with van der Waals surface area (Å²) in [4.78, 5) is 0. The van der Waals surface area contributed by atoms with Crippen LogP contribution in [0, 0.1) is 5.92 Å². The van der Waals surface area contributed by atoms with Crippen molar-refractivity contribution in [3.8, 4) is 0 Å². The molecule has 0 heteroatoms. The predicted octanol–water partition coefficient (Wildman–Crippen LogP) is 6.49. The Kier molecular flexibility index (Phi) is 6.63. The molecule has 0 N–H and O–H groups in total. The van der Waals surface area contributed by atoms with Crippen molar-refractivity contribution >= 4 is 0 Å². The maximum Gasteiger partial charge on any atom is -0.0131 e. The Bertz CT molecular complexity index is 373. The molecule has 1 aromatic carbocycles. The van der Waals surface area contributed by atoms with Gasteiger partial charge in [0.2, 0.25) is 0 Å². The Balaban J connectivity index is 2.18. The third kappa shape index (κ3) is 4.11. The zero-order valence-electron chi connectivity index (χ0n) is 13.5. The summed E-state index contributed by atoms with van der Waals surface area (Å²) in [7, 11) is 0. The second kappa shape index (κ2) is 8.49. The van der Waals surface area contributed by atoms with E-state index in [0.717, 1.165) is 11.8 Å². The Morgan fingerprint density at radius 3 is 2.45 bits per heavy atom. The third-order valence-corrected chi connectivity index (χ3v) is 5.07. The van der Waals surface area contributed by atoms with E-state index in [4.69, 9.17) is 0 Å². The first kappa shape index (κ1) is 15.6. The van der Waals surface area contributed by atoms with Gasteiger partial charge in [-0.05, 0) is 55.1 Å². The number of benzene rings is 1. The lowest BCUT2D eigenvalue weighted by Crippen LogP contribution is -2.17. The molecule has 1 aromatic rings. The average molecular weight is 272 g/mol. The van der Waals surface area contributed by atoms with Crippen molar-refractivity contribution in [1.82, 2.24) is 0 Å². The van der Waals surface area contributed by atoms with Crippen LogP contribution in [0.3, 0.4) is 0 Å². The van der Waals surface area contributed by atoms with Gasteiger partial charge >= 0.3 is 0 Å². The first-order valence-corrected chi connectivity index (χ1v) is 8.94. The van der Waals surface area contributed by atoms with E-state index in [2.05, 4.69) is 38.1 Å². The fourth-order valence-corrected chi connectivity index (χ4v) is 3.98. The van der Waals surface area contributed by atoms with Crippen LogP contribution in [0.5, 0.6) is 0 Å². The molecule has 0 nitrogen and oxygen atoms in total. The topological polar surface area (TPSA) is 0 Å². The van der Waals surface area contributed by atoms with E-state index >= 15 is 0 Å². The molecule has 1 unspecified atom stereocenters. The molecule has 0 aliphatic heterocycles. The Morgan fingerprint density at radius 2 is 1.75 bits per heavy atom. The van der Waals surface area contributed by atoms with E-state index < -0.39 is 0 Å². The lowest BCUT2D eigenvalue weighted by atomic mass is 9.73. The van der Waals surface area contributed by atoms with Crippen molar-refractivity contribution < 1.29 is 0 Å². The summed E-state index contributed by atoms with van der Waals surface area (Å²) in [6.07, 6.45) is 13.9. The van der Waals surface area contributed by atoms with Gasteiger partial charge in [0.15, 0.2) is 0 Å². The molecule has 1 fully saturated rings. The van der Waals surface area contributed by atoms with E-state index in [0.29, 0.717) is 0 Å². The molecule has 0 amide bonds. The Labute approximate surface area is 126 Å². The molecule has 1 saturated carbocycles. The van der Waals surface area contributed by atoms with Crippen molar-refractivity contribution in [3.63, 3.8) is 0 Å². The largest absolute Gasteiger partial charge is 0.0654 e. The van der Waals surface area contributed by atoms with E-state index in [1.807, 2.05) is 0 Å². The van der Waals surface area contributed by atoms with Gasteiger partial charge in [0.25, 0.3) is 0 Å². The molecule has 112 valence electrons. The molecule has 0 saturated heterocycles. The second-order valence-electron chi connectivity index (χ2n) is 6.60. The van der Waals surface area contributed by atoms with Crippen molar-refractivity contribution in [2.45, 2.75) is 84.0 Å². The molecule has 0 spiro atoms. The molecule has 0 heterocycles. The van der Waals surface area contributed by atoms with Crippen LogP contribution in [0.2, 0.25) is 0 Å². The van der Waals surface area contributed by atoms with Crippen molar-refractivity contribution in [1.29, 1.82) is 0 Å². The number of hydrogen-bond acceptors (Lipinski definition) is 0. The highest BCUT2D eigenvalue weighted by Gasteiger charge is 2.25. The third-order valence-electron chi connectivity index (χ3n) is 5.07. The van der Waals surface area contributed by atoms with Gasteiger partial charge in [-0.1, -0.05) is 70.2 Å². The summed E-state index contributed by atoms with van der Waals surface area (Å²) in [5.74, 6) is 1.78. The van der Waals surface area contributed by atoms with Gasteiger partial charge in [0, 0.05) is 0 Å². The fraction of sp³-hybridized carbons (Fsp3) is 0.700. The number of unbranched alkanes of at least 4 members (excludes halogenated alkanes) is 1.